The molecule has 0 saturated carbocycles. The van der Waals surface area contributed by atoms with E-state index in [0.29, 0.717) is 19.8 Å². The van der Waals surface area contributed by atoms with E-state index in [9.17, 15) is 4.91 Å². The van der Waals surface area contributed by atoms with Gasteiger partial charge in [0.15, 0.2) is 0 Å². The van der Waals surface area contributed by atoms with Gasteiger partial charge in [0.25, 0.3) is 0 Å². The van der Waals surface area contributed by atoms with Crippen LogP contribution in [-0.2, 0) is 17.6 Å². The lowest BCUT2D eigenvalue weighted by molar-refractivity contribution is 0.154. The summed E-state index contributed by atoms with van der Waals surface area (Å²) in [5.74, 6) is 0. The summed E-state index contributed by atoms with van der Waals surface area (Å²) in [6.07, 6.45) is 2.09. The van der Waals surface area contributed by atoms with Gasteiger partial charge < -0.3 is 15.4 Å². The normalized spacial score (nSPS) is 10.1. The highest BCUT2D eigenvalue weighted by atomic mass is 16.5. The lowest BCUT2D eigenvalue weighted by Gasteiger charge is -2.15. The van der Waals surface area contributed by atoms with Crippen molar-refractivity contribution in [1.29, 1.82) is 0 Å². The standard InChI is InChI=1S/C22H32N2O.C3H8N2O/c1-5-19-11-7-9-17(3)21(19)23-13-15-25-16-14-24-22-18(4)10-8-12-20(22)6-2;1-3-5(2)4-6/h7-12,23-24H,5-6,13-16H2,1-4H3;3H2,1-2H3. The highest BCUT2D eigenvalue weighted by Gasteiger charge is 2.04. The fourth-order valence-corrected chi connectivity index (χ4v) is 3.21. The molecule has 0 unspecified atom stereocenters. The molecule has 0 aliphatic heterocycles. The van der Waals surface area contributed by atoms with Crippen molar-refractivity contribution in [2.45, 2.75) is 47.5 Å². The van der Waals surface area contributed by atoms with Crippen LogP contribution in [0.1, 0.15) is 43.0 Å². The molecule has 0 aliphatic rings. The summed E-state index contributed by atoms with van der Waals surface area (Å²) in [5, 5.41) is 11.0. The highest BCUT2D eigenvalue weighted by molar-refractivity contribution is 5.58. The second-order valence-electron chi connectivity index (χ2n) is 7.45. The van der Waals surface area contributed by atoms with Gasteiger partial charge in [-0.25, -0.2) is 0 Å². The third-order valence-corrected chi connectivity index (χ3v) is 5.17. The number of benzene rings is 2. The predicted molar refractivity (Wildman–Crippen MR) is 133 cm³/mol. The highest BCUT2D eigenvalue weighted by Crippen LogP contribution is 2.21. The minimum atomic E-state index is 0.684. The van der Waals surface area contributed by atoms with Crippen LogP contribution < -0.4 is 10.6 Å². The first-order chi connectivity index (χ1) is 15.0. The first-order valence-electron chi connectivity index (χ1n) is 11.2. The molecule has 6 heteroatoms. The van der Waals surface area contributed by atoms with Gasteiger partial charge in [0.2, 0.25) is 0 Å². The van der Waals surface area contributed by atoms with Gasteiger partial charge >= 0.3 is 0 Å². The summed E-state index contributed by atoms with van der Waals surface area (Å²) in [7, 11) is 1.63. The van der Waals surface area contributed by atoms with Crippen LogP contribution in [0.4, 0.5) is 11.4 Å². The number of ether oxygens (including phenoxy) is 1. The van der Waals surface area contributed by atoms with Crippen molar-refractivity contribution in [3.63, 3.8) is 0 Å². The molecule has 2 N–H and O–H groups in total. The summed E-state index contributed by atoms with van der Waals surface area (Å²) in [5.41, 5.74) is 7.86. The second kappa shape index (κ2) is 15.2. The molecule has 172 valence electrons. The Hall–Kier alpha value is -2.60. The van der Waals surface area contributed by atoms with Crippen molar-refractivity contribution >= 4 is 11.4 Å². The van der Waals surface area contributed by atoms with Gasteiger partial charge in [-0.2, -0.15) is 0 Å². The van der Waals surface area contributed by atoms with E-state index in [1.54, 1.807) is 7.05 Å². The van der Waals surface area contributed by atoms with Crippen LogP contribution in [0.15, 0.2) is 41.7 Å². The maximum atomic E-state index is 9.41. The van der Waals surface area contributed by atoms with Gasteiger partial charge in [0.05, 0.1) is 18.5 Å². The number of para-hydroxylation sites is 2. The Morgan fingerprint density at radius 3 is 1.61 bits per heavy atom. The van der Waals surface area contributed by atoms with Crippen molar-refractivity contribution < 1.29 is 4.74 Å². The molecule has 0 saturated heterocycles. The molecule has 0 aromatic heterocycles. The summed E-state index contributed by atoms with van der Waals surface area (Å²) >= 11 is 0. The molecule has 0 fully saturated rings. The molecule has 0 atom stereocenters. The lowest BCUT2D eigenvalue weighted by Crippen LogP contribution is -2.16. The Labute approximate surface area is 188 Å². The first-order valence-corrected chi connectivity index (χ1v) is 11.2. The SMILES string of the molecule is CCN(C)N=O.CCc1cccc(C)c1NCCOCCNc1c(C)cccc1CC. The molecule has 0 amide bonds. The maximum Gasteiger partial charge on any atom is 0.0639 e. The predicted octanol–water partition coefficient (Wildman–Crippen LogP) is 5.59. The van der Waals surface area contributed by atoms with Crippen molar-refractivity contribution in [3.05, 3.63) is 63.6 Å². The van der Waals surface area contributed by atoms with E-state index >= 15 is 0 Å². The fraction of sp³-hybridized carbons (Fsp3) is 0.520. The molecule has 0 spiro atoms. The molecule has 2 aromatic carbocycles. The molecule has 2 rings (SSSR count). The Morgan fingerprint density at radius 1 is 0.839 bits per heavy atom. The number of hydrogen-bond acceptors (Lipinski definition) is 5. The van der Waals surface area contributed by atoms with Crippen molar-refractivity contribution in [2.24, 2.45) is 5.29 Å². The second-order valence-corrected chi connectivity index (χ2v) is 7.45. The van der Waals surface area contributed by atoms with Crippen LogP contribution in [0.5, 0.6) is 0 Å². The average molecular weight is 429 g/mol. The minimum absolute atomic E-state index is 0.684. The van der Waals surface area contributed by atoms with Crippen molar-refractivity contribution in [3.8, 4) is 0 Å². The largest absolute Gasteiger partial charge is 0.382 e. The smallest absolute Gasteiger partial charge is 0.0639 e. The zero-order valence-corrected chi connectivity index (χ0v) is 20.1. The van der Waals surface area contributed by atoms with Crippen LogP contribution in [-0.4, -0.2) is 44.9 Å². The molecule has 6 nitrogen and oxygen atoms in total. The fourth-order valence-electron chi connectivity index (χ4n) is 3.21. The Balaban J connectivity index is 0.000000703. The number of anilines is 2. The minimum Gasteiger partial charge on any atom is -0.382 e. The summed E-state index contributed by atoms with van der Waals surface area (Å²) in [4.78, 5) is 9.41. The Kier molecular flexibility index (Phi) is 13.0. The number of hydrogen-bond donors (Lipinski definition) is 2. The quantitative estimate of drug-likeness (QED) is 0.262. The number of aryl methyl sites for hydroxylation is 4. The van der Waals surface area contributed by atoms with Gasteiger partial charge in [0, 0.05) is 38.1 Å². The summed E-state index contributed by atoms with van der Waals surface area (Å²) in [6, 6.07) is 12.9. The summed E-state index contributed by atoms with van der Waals surface area (Å²) in [6.45, 7) is 14.3. The van der Waals surface area contributed by atoms with Gasteiger partial charge in [-0.15, -0.1) is 4.91 Å². The van der Waals surface area contributed by atoms with E-state index in [-0.39, 0.29) is 0 Å². The molecular formula is C25H40N4O2. The van der Waals surface area contributed by atoms with Crippen molar-refractivity contribution in [2.75, 3.05) is 50.5 Å². The number of nitrogens with one attached hydrogen (secondary N) is 2. The average Bonchev–Trinajstić information content (AvgIpc) is 2.79. The molecule has 31 heavy (non-hydrogen) atoms. The van der Waals surface area contributed by atoms with Crippen LogP contribution in [0.3, 0.4) is 0 Å². The topological polar surface area (TPSA) is 66.0 Å². The lowest BCUT2D eigenvalue weighted by atomic mass is 10.1. The van der Waals surface area contributed by atoms with Crippen molar-refractivity contribution in [1.82, 2.24) is 5.01 Å². The van der Waals surface area contributed by atoms with Gasteiger partial charge in [0.1, 0.15) is 0 Å². The molecule has 0 heterocycles. The van der Waals surface area contributed by atoms with Crippen LogP contribution >= 0.6 is 0 Å². The maximum absolute atomic E-state index is 9.41. The van der Waals surface area contributed by atoms with Crippen LogP contribution in [0.2, 0.25) is 0 Å². The van der Waals surface area contributed by atoms with E-state index in [4.69, 9.17) is 4.74 Å². The van der Waals surface area contributed by atoms with Crippen LogP contribution in [0.25, 0.3) is 0 Å². The number of nitrogens with zero attached hydrogens (tertiary/aromatic N) is 2. The first kappa shape index (κ1) is 26.4. The molecule has 2 aromatic rings. The number of rotatable bonds is 12. The van der Waals surface area contributed by atoms with E-state index in [1.165, 1.54) is 38.6 Å². The summed E-state index contributed by atoms with van der Waals surface area (Å²) < 4.78 is 5.78. The molecule has 0 bridgehead atoms. The Morgan fingerprint density at radius 2 is 1.29 bits per heavy atom. The molecule has 0 radical (unpaired) electrons. The number of nitroso groups, excluding NO2 is 1. The van der Waals surface area contributed by atoms with E-state index in [2.05, 4.69) is 80.0 Å². The van der Waals surface area contributed by atoms with E-state index in [1.807, 2.05) is 6.92 Å². The van der Waals surface area contributed by atoms with Crippen LogP contribution in [0, 0.1) is 18.8 Å². The molecule has 0 aliphatic carbocycles. The zero-order chi connectivity index (χ0) is 23.1. The Bertz CT molecular complexity index is 723. The monoisotopic (exact) mass is 428 g/mol. The van der Waals surface area contributed by atoms with Gasteiger partial charge in [-0.1, -0.05) is 50.2 Å². The third-order valence-electron chi connectivity index (χ3n) is 5.17. The van der Waals surface area contributed by atoms with Gasteiger partial charge in [-0.3, -0.25) is 5.01 Å². The van der Waals surface area contributed by atoms with E-state index in [0.717, 1.165) is 25.9 Å². The van der Waals surface area contributed by atoms with Gasteiger partial charge in [-0.05, 0) is 55.9 Å². The molecular weight excluding hydrogens is 388 g/mol. The third kappa shape index (κ3) is 9.39. The van der Waals surface area contributed by atoms with E-state index < -0.39 is 0 Å². The zero-order valence-electron chi connectivity index (χ0n) is 20.1.